The molecule has 1 saturated heterocycles. The van der Waals surface area contributed by atoms with E-state index in [-0.39, 0.29) is 17.7 Å². The van der Waals surface area contributed by atoms with E-state index in [0.29, 0.717) is 37.8 Å². The first kappa shape index (κ1) is 13.7. The van der Waals surface area contributed by atoms with Crippen LogP contribution in [0.5, 0.6) is 5.75 Å². The molecule has 2 aliphatic rings. The van der Waals surface area contributed by atoms with Crippen molar-refractivity contribution in [1.82, 2.24) is 15.1 Å². The van der Waals surface area contributed by atoms with E-state index in [1.54, 1.807) is 21.9 Å². The molecule has 0 unspecified atom stereocenters. The number of hydrogen-bond donors (Lipinski definition) is 2. The molecule has 0 bridgehead atoms. The summed E-state index contributed by atoms with van der Waals surface area (Å²) in [7, 11) is 0. The van der Waals surface area contributed by atoms with Gasteiger partial charge in [0.1, 0.15) is 5.75 Å². The minimum Gasteiger partial charge on any atom is -0.508 e. The third-order valence-corrected chi connectivity index (χ3v) is 3.85. The van der Waals surface area contributed by atoms with Crippen molar-refractivity contribution in [3.05, 3.63) is 29.8 Å². The number of carbonyl (C=O) groups excluding carboxylic acids is 2. The van der Waals surface area contributed by atoms with Gasteiger partial charge in [-0.25, -0.2) is 4.79 Å². The fourth-order valence-corrected chi connectivity index (χ4v) is 2.43. The Labute approximate surface area is 123 Å². The third-order valence-electron chi connectivity index (χ3n) is 3.85. The molecule has 21 heavy (non-hydrogen) atoms. The number of benzene rings is 1. The zero-order chi connectivity index (χ0) is 14.8. The summed E-state index contributed by atoms with van der Waals surface area (Å²) in [6, 6.07) is 6.67. The number of phenolic OH excluding ortho intramolecular Hbond substituents is 1. The van der Waals surface area contributed by atoms with Crippen LogP contribution in [0.15, 0.2) is 24.3 Å². The van der Waals surface area contributed by atoms with Gasteiger partial charge in [0.2, 0.25) is 0 Å². The monoisotopic (exact) mass is 289 g/mol. The molecule has 1 aliphatic heterocycles. The molecule has 1 aromatic rings. The quantitative estimate of drug-likeness (QED) is 0.854. The normalized spacial score (nSPS) is 18.5. The van der Waals surface area contributed by atoms with Crippen LogP contribution in [0.3, 0.4) is 0 Å². The summed E-state index contributed by atoms with van der Waals surface area (Å²) in [6.45, 7) is 2.13. The summed E-state index contributed by atoms with van der Waals surface area (Å²) in [6.07, 6.45) is 2.14. The maximum absolute atomic E-state index is 12.3. The maximum Gasteiger partial charge on any atom is 0.317 e. The van der Waals surface area contributed by atoms with E-state index in [1.165, 1.54) is 12.1 Å². The molecule has 0 atom stereocenters. The second-order valence-electron chi connectivity index (χ2n) is 5.55. The van der Waals surface area contributed by atoms with Crippen LogP contribution in [-0.4, -0.2) is 59.1 Å². The Balaban J connectivity index is 1.55. The number of aromatic hydroxyl groups is 1. The highest BCUT2D eigenvalue weighted by molar-refractivity contribution is 5.94. The molecule has 2 N–H and O–H groups in total. The zero-order valence-corrected chi connectivity index (χ0v) is 11.8. The van der Waals surface area contributed by atoms with Crippen molar-refractivity contribution in [3.63, 3.8) is 0 Å². The molecular formula is C15H19N3O3. The first-order chi connectivity index (χ1) is 10.1. The number of amides is 3. The fraction of sp³-hybridized carbons (Fsp3) is 0.467. The highest BCUT2D eigenvalue weighted by atomic mass is 16.3. The Morgan fingerprint density at radius 2 is 1.76 bits per heavy atom. The van der Waals surface area contributed by atoms with Crippen LogP contribution >= 0.6 is 0 Å². The van der Waals surface area contributed by atoms with Gasteiger partial charge in [-0.15, -0.1) is 0 Å². The minimum atomic E-state index is -0.104. The Morgan fingerprint density at radius 1 is 1.10 bits per heavy atom. The molecule has 3 amide bonds. The van der Waals surface area contributed by atoms with E-state index in [9.17, 15) is 14.7 Å². The third kappa shape index (κ3) is 3.26. The van der Waals surface area contributed by atoms with Crippen LogP contribution in [0, 0.1) is 0 Å². The van der Waals surface area contributed by atoms with Crippen LogP contribution in [0.4, 0.5) is 4.79 Å². The van der Waals surface area contributed by atoms with Crippen LogP contribution in [-0.2, 0) is 0 Å². The Hall–Kier alpha value is -2.24. The lowest BCUT2D eigenvalue weighted by atomic mass is 10.1. The molecule has 6 heteroatoms. The largest absolute Gasteiger partial charge is 0.508 e. The van der Waals surface area contributed by atoms with Gasteiger partial charge in [0.15, 0.2) is 0 Å². The molecule has 1 aliphatic carbocycles. The molecule has 6 nitrogen and oxygen atoms in total. The van der Waals surface area contributed by atoms with E-state index < -0.39 is 0 Å². The Morgan fingerprint density at radius 3 is 2.38 bits per heavy atom. The lowest BCUT2D eigenvalue weighted by Crippen LogP contribution is -2.53. The lowest BCUT2D eigenvalue weighted by Gasteiger charge is -2.34. The number of nitrogens with zero attached hydrogens (tertiary/aromatic N) is 2. The molecule has 1 aromatic carbocycles. The molecule has 0 aromatic heterocycles. The van der Waals surface area contributed by atoms with Gasteiger partial charge in [0.05, 0.1) is 0 Å². The van der Waals surface area contributed by atoms with Crippen molar-refractivity contribution in [1.29, 1.82) is 0 Å². The maximum atomic E-state index is 12.3. The van der Waals surface area contributed by atoms with Gasteiger partial charge < -0.3 is 20.2 Å². The molecule has 2 fully saturated rings. The SMILES string of the molecule is O=C(NC1CC1)N1CCN(C(=O)c2cccc(O)c2)CC1. The number of rotatable bonds is 2. The van der Waals surface area contributed by atoms with Gasteiger partial charge in [-0.05, 0) is 31.0 Å². The van der Waals surface area contributed by atoms with E-state index in [2.05, 4.69) is 5.32 Å². The molecule has 1 heterocycles. The molecule has 0 spiro atoms. The average molecular weight is 289 g/mol. The zero-order valence-electron chi connectivity index (χ0n) is 11.8. The predicted octanol–water partition coefficient (Wildman–Crippen LogP) is 1.02. The standard InChI is InChI=1S/C15H19N3O3/c19-13-3-1-2-11(10-13)14(20)17-6-8-18(9-7-17)15(21)16-12-4-5-12/h1-3,10,12,19H,4-9H2,(H,16,21). The van der Waals surface area contributed by atoms with Gasteiger partial charge in [0, 0.05) is 37.8 Å². The number of phenols is 1. The van der Waals surface area contributed by atoms with Gasteiger partial charge >= 0.3 is 6.03 Å². The summed E-state index contributed by atoms with van der Waals surface area (Å²) >= 11 is 0. The van der Waals surface area contributed by atoms with Crippen molar-refractivity contribution >= 4 is 11.9 Å². The van der Waals surface area contributed by atoms with Gasteiger partial charge in [-0.2, -0.15) is 0 Å². The van der Waals surface area contributed by atoms with Gasteiger partial charge in [-0.3, -0.25) is 4.79 Å². The van der Waals surface area contributed by atoms with E-state index in [1.807, 2.05) is 0 Å². The second-order valence-corrected chi connectivity index (χ2v) is 5.55. The fourth-order valence-electron chi connectivity index (χ4n) is 2.43. The number of carbonyl (C=O) groups is 2. The first-order valence-corrected chi connectivity index (χ1v) is 7.27. The van der Waals surface area contributed by atoms with Crippen molar-refractivity contribution in [2.24, 2.45) is 0 Å². The van der Waals surface area contributed by atoms with E-state index in [0.717, 1.165) is 12.8 Å². The van der Waals surface area contributed by atoms with Crippen LogP contribution in [0.2, 0.25) is 0 Å². The molecule has 0 radical (unpaired) electrons. The first-order valence-electron chi connectivity index (χ1n) is 7.27. The number of piperazine rings is 1. The van der Waals surface area contributed by atoms with Crippen molar-refractivity contribution in [2.45, 2.75) is 18.9 Å². The number of hydrogen-bond acceptors (Lipinski definition) is 3. The predicted molar refractivity (Wildman–Crippen MR) is 77.1 cm³/mol. The summed E-state index contributed by atoms with van der Waals surface area (Å²) in [5.41, 5.74) is 0.478. The van der Waals surface area contributed by atoms with Crippen molar-refractivity contribution in [2.75, 3.05) is 26.2 Å². The van der Waals surface area contributed by atoms with Crippen LogP contribution in [0.25, 0.3) is 0 Å². The highest BCUT2D eigenvalue weighted by Crippen LogP contribution is 2.19. The van der Waals surface area contributed by atoms with E-state index in [4.69, 9.17) is 0 Å². The summed E-state index contributed by atoms with van der Waals surface area (Å²) in [5, 5.41) is 12.4. The highest BCUT2D eigenvalue weighted by Gasteiger charge is 2.29. The minimum absolute atomic E-state index is 0.0260. The lowest BCUT2D eigenvalue weighted by molar-refractivity contribution is 0.0664. The van der Waals surface area contributed by atoms with Crippen LogP contribution < -0.4 is 5.32 Å². The summed E-state index contributed by atoms with van der Waals surface area (Å²) < 4.78 is 0. The Kier molecular flexibility index (Phi) is 3.68. The molecule has 112 valence electrons. The van der Waals surface area contributed by atoms with E-state index >= 15 is 0 Å². The van der Waals surface area contributed by atoms with Crippen LogP contribution in [0.1, 0.15) is 23.2 Å². The topological polar surface area (TPSA) is 72.9 Å². The van der Waals surface area contributed by atoms with Gasteiger partial charge in [-0.1, -0.05) is 6.07 Å². The second kappa shape index (κ2) is 5.63. The molecule has 1 saturated carbocycles. The smallest absolute Gasteiger partial charge is 0.317 e. The number of nitrogens with one attached hydrogen (secondary N) is 1. The Bertz CT molecular complexity index is 549. The van der Waals surface area contributed by atoms with Crippen molar-refractivity contribution in [3.8, 4) is 5.75 Å². The average Bonchev–Trinajstić information content (AvgIpc) is 3.30. The van der Waals surface area contributed by atoms with Crippen molar-refractivity contribution < 1.29 is 14.7 Å². The molecular weight excluding hydrogens is 270 g/mol. The molecule has 3 rings (SSSR count). The summed E-state index contributed by atoms with van der Waals surface area (Å²) in [4.78, 5) is 27.7. The number of urea groups is 1. The van der Waals surface area contributed by atoms with Gasteiger partial charge in [0.25, 0.3) is 5.91 Å². The summed E-state index contributed by atoms with van der Waals surface area (Å²) in [5.74, 6) is -0.0172.